The molecule has 34 heavy (non-hydrogen) atoms. The zero-order valence-corrected chi connectivity index (χ0v) is 20.8. The van der Waals surface area contributed by atoms with Gasteiger partial charge >= 0.3 is 23.9 Å². The summed E-state index contributed by atoms with van der Waals surface area (Å²) < 4.78 is 10.4. The van der Waals surface area contributed by atoms with E-state index in [-0.39, 0.29) is 25.7 Å². The summed E-state index contributed by atoms with van der Waals surface area (Å²) in [7, 11) is 0. The molecule has 2 aliphatic carbocycles. The number of hydrogen-bond acceptors (Lipinski definition) is 8. The molecule has 192 valence electrons. The first-order chi connectivity index (χ1) is 15.3. The zero-order valence-electron chi connectivity index (χ0n) is 20.8. The topological polar surface area (TPSA) is 179 Å². The van der Waals surface area contributed by atoms with E-state index in [0.29, 0.717) is 0 Å². The van der Waals surface area contributed by atoms with Gasteiger partial charge < -0.3 is 31.2 Å². The molecule has 6 N–H and O–H groups in total. The molecule has 0 aromatic carbocycles. The minimum Gasteiger partial charge on any atom is -0.480 e. The maximum atomic E-state index is 11.8. The van der Waals surface area contributed by atoms with Crippen molar-refractivity contribution in [3.8, 4) is 0 Å². The van der Waals surface area contributed by atoms with Crippen LogP contribution >= 0.6 is 0 Å². The van der Waals surface area contributed by atoms with Gasteiger partial charge in [0.2, 0.25) is 0 Å². The van der Waals surface area contributed by atoms with Crippen molar-refractivity contribution in [3.05, 3.63) is 24.3 Å². The van der Waals surface area contributed by atoms with E-state index in [1.807, 2.05) is 0 Å². The summed E-state index contributed by atoms with van der Waals surface area (Å²) in [4.78, 5) is 45.6. The van der Waals surface area contributed by atoms with Gasteiger partial charge in [-0.15, -0.1) is 0 Å². The van der Waals surface area contributed by atoms with Gasteiger partial charge in [0, 0.05) is 0 Å². The van der Waals surface area contributed by atoms with Crippen molar-refractivity contribution in [2.24, 2.45) is 23.3 Å². The summed E-state index contributed by atoms with van der Waals surface area (Å²) in [6, 6.07) is 0. The number of carbonyl (C=O) groups is 4. The number of carboxylic acids is 2. The molecule has 0 aromatic rings. The Labute approximate surface area is 200 Å². The van der Waals surface area contributed by atoms with Gasteiger partial charge in [0.05, 0.1) is 11.8 Å². The lowest BCUT2D eigenvalue weighted by Crippen LogP contribution is -2.51. The van der Waals surface area contributed by atoms with Crippen LogP contribution in [0.3, 0.4) is 0 Å². The predicted octanol–water partition coefficient (Wildman–Crippen LogP) is 2.15. The highest BCUT2D eigenvalue weighted by molar-refractivity contribution is 5.83. The summed E-state index contributed by atoms with van der Waals surface area (Å²) in [6.45, 7) is 10.6. The molecule has 0 unspecified atom stereocenters. The van der Waals surface area contributed by atoms with Crippen LogP contribution in [0.1, 0.15) is 67.2 Å². The van der Waals surface area contributed by atoms with Gasteiger partial charge in [0.15, 0.2) is 0 Å². The third-order valence-corrected chi connectivity index (χ3v) is 5.14. The Balaban J connectivity index is 0.000000340. The predicted molar refractivity (Wildman–Crippen MR) is 125 cm³/mol. The maximum absolute atomic E-state index is 11.8. The third-order valence-electron chi connectivity index (χ3n) is 5.14. The lowest BCUT2D eigenvalue weighted by atomic mass is 9.81. The van der Waals surface area contributed by atoms with Crippen LogP contribution in [0.5, 0.6) is 0 Å². The van der Waals surface area contributed by atoms with Gasteiger partial charge in [0.25, 0.3) is 0 Å². The first-order valence-electron chi connectivity index (χ1n) is 11.1. The van der Waals surface area contributed by atoms with Gasteiger partial charge in [0.1, 0.15) is 22.3 Å². The molecule has 4 atom stereocenters. The number of carboxylic acid groups (broad SMARTS) is 2. The Kier molecular flexibility index (Phi) is 9.22. The van der Waals surface area contributed by atoms with Crippen LogP contribution in [-0.4, -0.2) is 56.4 Å². The standard InChI is InChI=1S/2C12H19NO4/c2*1-11(2,3)17-9(14)8-5-4-6-12(13,7-8)10(15)16/h2*4-5,8H,6-7,13H2,1-3H3,(H,15,16)/t2*8-,12-/m10/s1. The number of ether oxygens (including phenoxy) is 2. The SMILES string of the molecule is CC(C)(C)OC(=O)[C@@H]1C=CC[C@](N)(C(=O)O)C1.CC(C)(C)OC(=O)[C@H]1C=CC[C@@](N)(C(=O)O)C1. The molecule has 2 aliphatic rings. The van der Waals surface area contributed by atoms with Gasteiger partial charge in [-0.3, -0.25) is 19.2 Å². The summed E-state index contributed by atoms with van der Waals surface area (Å²) >= 11 is 0. The van der Waals surface area contributed by atoms with Crippen LogP contribution in [0.2, 0.25) is 0 Å². The van der Waals surface area contributed by atoms with Gasteiger partial charge in [-0.25, -0.2) is 0 Å². The summed E-state index contributed by atoms with van der Waals surface area (Å²) in [5, 5.41) is 18.0. The summed E-state index contributed by atoms with van der Waals surface area (Å²) in [6.07, 6.45) is 7.23. The van der Waals surface area contributed by atoms with E-state index in [9.17, 15) is 19.2 Å². The highest BCUT2D eigenvalue weighted by Gasteiger charge is 2.41. The van der Waals surface area contributed by atoms with Crippen LogP contribution in [-0.2, 0) is 28.7 Å². The smallest absolute Gasteiger partial charge is 0.324 e. The lowest BCUT2D eigenvalue weighted by molar-refractivity contribution is -0.161. The summed E-state index contributed by atoms with van der Waals surface area (Å²) in [5.41, 5.74) is 7.58. The van der Waals surface area contributed by atoms with E-state index in [0.717, 1.165) is 0 Å². The molecule has 0 saturated heterocycles. The quantitative estimate of drug-likeness (QED) is 0.342. The molecular formula is C24H38N2O8. The second-order valence-corrected chi connectivity index (χ2v) is 10.9. The monoisotopic (exact) mass is 482 g/mol. The molecule has 0 bridgehead atoms. The fraction of sp³-hybridized carbons (Fsp3) is 0.667. The lowest BCUT2D eigenvalue weighted by Gasteiger charge is -2.31. The molecule has 0 saturated carbocycles. The van der Waals surface area contributed by atoms with Crippen molar-refractivity contribution in [2.45, 2.75) is 89.5 Å². The van der Waals surface area contributed by atoms with E-state index in [1.165, 1.54) is 0 Å². The van der Waals surface area contributed by atoms with Crippen LogP contribution < -0.4 is 11.5 Å². The Bertz CT molecular complexity index is 782. The minimum atomic E-state index is -1.36. The van der Waals surface area contributed by atoms with Crippen LogP contribution in [0.15, 0.2) is 24.3 Å². The largest absolute Gasteiger partial charge is 0.480 e. The number of hydrogen-bond donors (Lipinski definition) is 4. The molecule has 0 radical (unpaired) electrons. The average molecular weight is 483 g/mol. The van der Waals surface area contributed by atoms with Crippen LogP contribution in [0.4, 0.5) is 0 Å². The van der Waals surface area contributed by atoms with Crippen molar-refractivity contribution >= 4 is 23.9 Å². The molecule has 0 amide bonds. The van der Waals surface area contributed by atoms with E-state index in [1.54, 1.807) is 65.8 Å². The van der Waals surface area contributed by atoms with E-state index >= 15 is 0 Å². The highest BCUT2D eigenvalue weighted by atomic mass is 16.6. The Hall–Kier alpha value is -2.72. The van der Waals surface area contributed by atoms with Crippen LogP contribution in [0.25, 0.3) is 0 Å². The van der Waals surface area contributed by atoms with E-state index < -0.39 is 58.0 Å². The fourth-order valence-electron chi connectivity index (χ4n) is 3.40. The van der Waals surface area contributed by atoms with Crippen molar-refractivity contribution in [1.29, 1.82) is 0 Å². The maximum Gasteiger partial charge on any atom is 0.324 e. The number of carbonyl (C=O) groups excluding carboxylic acids is 2. The average Bonchev–Trinajstić information content (AvgIpc) is 2.66. The number of nitrogens with two attached hydrogens (primary N) is 2. The Morgan fingerprint density at radius 1 is 0.735 bits per heavy atom. The molecule has 0 aromatic heterocycles. The zero-order chi connectivity index (χ0) is 26.5. The second kappa shape index (κ2) is 10.7. The molecule has 0 heterocycles. The van der Waals surface area contributed by atoms with E-state index in [4.69, 9.17) is 31.2 Å². The molecule has 10 nitrogen and oxygen atoms in total. The normalized spacial score (nSPS) is 28.8. The molecule has 2 rings (SSSR count). The highest BCUT2D eigenvalue weighted by Crippen LogP contribution is 2.29. The van der Waals surface area contributed by atoms with Crippen molar-refractivity contribution < 1.29 is 38.9 Å². The fourth-order valence-corrected chi connectivity index (χ4v) is 3.40. The summed E-state index contributed by atoms with van der Waals surface area (Å²) in [5.74, 6) is -4.19. The molecule has 10 heteroatoms. The molecule has 0 fully saturated rings. The van der Waals surface area contributed by atoms with Gasteiger partial charge in [-0.2, -0.15) is 0 Å². The van der Waals surface area contributed by atoms with Gasteiger partial charge in [-0.05, 0) is 67.2 Å². The number of esters is 2. The van der Waals surface area contributed by atoms with Gasteiger partial charge in [-0.1, -0.05) is 24.3 Å². The van der Waals surface area contributed by atoms with Crippen molar-refractivity contribution in [1.82, 2.24) is 0 Å². The first-order valence-corrected chi connectivity index (χ1v) is 11.1. The van der Waals surface area contributed by atoms with Crippen molar-refractivity contribution in [2.75, 3.05) is 0 Å². The molecule has 0 spiro atoms. The number of rotatable bonds is 4. The second-order valence-electron chi connectivity index (χ2n) is 10.9. The van der Waals surface area contributed by atoms with E-state index in [2.05, 4.69) is 0 Å². The third kappa shape index (κ3) is 8.90. The molecular weight excluding hydrogens is 444 g/mol. The number of aliphatic carboxylic acids is 2. The molecule has 0 aliphatic heterocycles. The first kappa shape index (κ1) is 29.3. The van der Waals surface area contributed by atoms with Crippen LogP contribution in [0, 0.1) is 11.8 Å². The minimum absolute atomic E-state index is 0.0771. The van der Waals surface area contributed by atoms with Crippen molar-refractivity contribution in [3.63, 3.8) is 0 Å². The Morgan fingerprint density at radius 3 is 1.26 bits per heavy atom. The Morgan fingerprint density at radius 2 is 1.03 bits per heavy atom.